The third kappa shape index (κ3) is 3.83. The fourth-order valence-corrected chi connectivity index (χ4v) is 4.53. The monoisotopic (exact) mass is 295 g/mol. The molecule has 0 saturated heterocycles. The molecule has 0 heterocycles. The van der Waals surface area contributed by atoms with E-state index < -0.39 is 9.84 Å². The Hall–Kier alpha value is -0.870. The van der Waals surface area contributed by atoms with Crippen LogP contribution in [0.3, 0.4) is 0 Å². The summed E-state index contributed by atoms with van der Waals surface area (Å²) in [5, 5.41) is 3.41. The van der Waals surface area contributed by atoms with E-state index in [0.29, 0.717) is 10.8 Å². The summed E-state index contributed by atoms with van der Waals surface area (Å²) in [6, 6.07) is 5.69. The number of nitrogens with one attached hydrogen (secondary N) is 1. The number of aryl methyl sites for hydroxylation is 2. The molecule has 0 amide bonds. The first-order chi connectivity index (χ1) is 9.44. The lowest BCUT2D eigenvalue weighted by atomic mass is 10.2. The fourth-order valence-electron chi connectivity index (χ4n) is 2.66. The zero-order chi connectivity index (χ0) is 14.8. The number of hydrogen-bond acceptors (Lipinski definition) is 3. The van der Waals surface area contributed by atoms with E-state index in [9.17, 15) is 8.42 Å². The van der Waals surface area contributed by atoms with Gasteiger partial charge in [-0.25, -0.2) is 8.42 Å². The van der Waals surface area contributed by atoms with Crippen molar-refractivity contribution in [1.82, 2.24) is 5.32 Å². The first-order valence-corrected chi connectivity index (χ1v) is 9.12. The molecular formula is C16H25NO2S. The molecule has 1 N–H and O–H groups in total. The Labute approximate surface area is 122 Å². The van der Waals surface area contributed by atoms with Gasteiger partial charge in [-0.05, 0) is 57.2 Å². The van der Waals surface area contributed by atoms with Gasteiger partial charge in [-0.3, -0.25) is 0 Å². The Balaban J connectivity index is 2.16. The molecule has 20 heavy (non-hydrogen) atoms. The first kappa shape index (κ1) is 15.5. The van der Waals surface area contributed by atoms with Crippen molar-refractivity contribution in [1.29, 1.82) is 0 Å². The van der Waals surface area contributed by atoms with E-state index in [2.05, 4.69) is 12.2 Å². The van der Waals surface area contributed by atoms with Crippen molar-refractivity contribution < 1.29 is 8.42 Å². The van der Waals surface area contributed by atoms with E-state index >= 15 is 0 Å². The molecule has 0 aliphatic heterocycles. The maximum absolute atomic E-state index is 12.6. The van der Waals surface area contributed by atoms with Crippen LogP contribution < -0.4 is 5.32 Å². The van der Waals surface area contributed by atoms with Crippen molar-refractivity contribution in [2.45, 2.75) is 51.0 Å². The van der Waals surface area contributed by atoms with Gasteiger partial charge in [0, 0.05) is 6.04 Å². The van der Waals surface area contributed by atoms with Crippen LogP contribution in [-0.4, -0.2) is 26.8 Å². The average Bonchev–Trinajstić information content (AvgIpc) is 3.18. The molecule has 1 saturated carbocycles. The first-order valence-electron chi connectivity index (χ1n) is 7.47. The van der Waals surface area contributed by atoms with E-state index in [-0.39, 0.29) is 11.8 Å². The van der Waals surface area contributed by atoms with Gasteiger partial charge in [0.15, 0.2) is 9.84 Å². The minimum Gasteiger partial charge on any atom is -0.313 e. The zero-order valence-electron chi connectivity index (χ0n) is 12.6. The standard InChI is InChI=1S/C16H25NO2S/c1-4-9-17-15(14-6-7-14)11-20(18,19)16-8-5-12(2)10-13(16)3/h5,8,10,14-15,17H,4,6-7,9,11H2,1-3H3. The summed E-state index contributed by atoms with van der Waals surface area (Å²) in [7, 11) is -3.20. The normalized spacial score (nSPS) is 17.1. The highest BCUT2D eigenvalue weighted by molar-refractivity contribution is 7.91. The van der Waals surface area contributed by atoms with Gasteiger partial charge in [-0.1, -0.05) is 24.6 Å². The number of hydrogen-bond donors (Lipinski definition) is 1. The Morgan fingerprint density at radius 2 is 2.00 bits per heavy atom. The Kier molecular flexibility index (Phi) is 4.86. The summed E-state index contributed by atoms with van der Waals surface area (Å²) in [6.45, 7) is 6.86. The molecule has 3 nitrogen and oxygen atoms in total. The predicted molar refractivity (Wildman–Crippen MR) is 82.8 cm³/mol. The van der Waals surface area contributed by atoms with Crippen molar-refractivity contribution in [3.8, 4) is 0 Å². The summed E-state index contributed by atoms with van der Waals surface area (Å²) < 4.78 is 25.3. The van der Waals surface area contributed by atoms with Crippen molar-refractivity contribution in [2.24, 2.45) is 5.92 Å². The van der Waals surface area contributed by atoms with Gasteiger partial charge in [0.2, 0.25) is 0 Å². The van der Waals surface area contributed by atoms with Crippen LogP contribution in [0.4, 0.5) is 0 Å². The average molecular weight is 295 g/mol. The molecule has 1 atom stereocenters. The third-order valence-corrected chi connectivity index (χ3v) is 5.84. The SMILES string of the molecule is CCCNC(CS(=O)(=O)c1ccc(C)cc1C)C1CC1. The molecule has 4 heteroatoms. The molecule has 0 bridgehead atoms. The molecule has 0 spiro atoms. The van der Waals surface area contributed by atoms with Gasteiger partial charge in [0.05, 0.1) is 10.6 Å². The summed E-state index contributed by atoms with van der Waals surface area (Å²) in [5.74, 6) is 0.767. The molecule has 1 fully saturated rings. The Morgan fingerprint density at radius 3 is 2.55 bits per heavy atom. The van der Waals surface area contributed by atoms with Crippen molar-refractivity contribution in [3.05, 3.63) is 29.3 Å². The van der Waals surface area contributed by atoms with Crippen LogP contribution in [0, 0.1) is 19.8 Å². The van der Waals surface area contributed by atoms with E-state index in [0.717, 1.165) is 36.9 Å². The summed E-state index contributed by atoms with van der Waals surface area (Å²) in [5.41, 5.74) is 1.96. The van der Waals surface area contributed by atoms with Gasteiger partial charge in [-0.2, -0.15) is 0 Å². The lowest BCUT2D eigenvalue weighted by molar-refractivity contribution is 0.489. The second-order valence-corrected chi connectivity index (χ2v) is 7.95. The smallest absolute Gasteiger partial charge is 0.180 e. The maximum atomic E-state index is 12.6. The second kappa shape index (κ2) is 6.27. The highest BCUT2D eigenvalue weighted by Gasteiger charge is 2.34. The van der Waals surface area contributed by atoms with E-state index in [4.69, 9.17) is 0 Å². The maximum Gasteiger partial charge on any atom is 0.180 e. The molecule has 0 aromatic heterocycles. The Morgan fingerprint density at radius 1 is 1.30 bits per heavy atom. The lowest BCUT2D eigenvalue weighted by Gasteiger charge is -2.19. The molecule has 112 valence electrons. The summed E-state index contributed by atoms with van der Waals surface area (Å²) in [6.07, 6.45) is 3.35. The molecule has 1 unspecified atom stereocenters. The number of rotatable bonds is 7. The van der Waals surface area contributed by atoms with Crippen LogP contribution in [0.15, 0.2) is 23.1 Å². The van der Waals surface area contributed by atoms with Gasteiger partial charge in [-0.15, -0.1) is 0 Å². The second-order valence-electron chi connectivity index (χ2n) is 5.95. The van der Waals surface area contributed by atoms with Crippen LogP contribution in [0.5, 0.6) is 0 Å². The van der Waals surface area contributed by atoms with Crippen LogP contribution in [0.1, 0.15) is 37.3 Å². The van der Waals surface area contributed by atoms with Crippen LogP contribution >= 0.6 is 0 Å². The molecule has 1 aromatic rings. The molecular weight excluding hydrogens is 270 g/mol. The van der Waals surface area contributed by atoms with Gasteiger partial charge in [0.25, 0.3) is 0 Å². The molecule has 1 aliphatic rings. The number of benzene rings is 1. The minimum absolute atomic E-state index is 0.112. The van der Waals surface area contributed by atoms with Crippen LogP contribution in [0.25, 0.3) is 0 Å². The lowest BCUT2D eigenvalue weighted by Crippen LogP contribution is -2.38. The van der Waals surface area contributed by atoms with E-state index in [1.165, 1.54) is 0 Å². The fraction of sp³-hybridized carbons (Fsp3) is 0.625. The Bertz CT molecular complexity index is 562. The topological polar surface area (TPSA) is 46.2 Å². The number of sulfone groups is 1. The van der Waals surface area contributed by atoms with Crippen LogP contribution in [-0.2, 0) is 9.84 Å². The summed E-state index contributed by atoms with van der Waals surface area (Å²) in [4.78, 5) is 0.493. The highest BCUT2D eigenvalue weighted by atomic mass is 32.2. The molecule has 1 aromatic carbocycles. The van der Waals surface area contributed by atoms with Gasteiger partial charge < -0.3 is 5.32 Å². The predicted octanol–water partition coefficient (Wildman–Crippen LogP) is 2.86. The van der Waals surface area contributed by atoms with Crippen molar-refractivity contribution in [3.63, 3.8) is 0 Å². The highest BCUT2D eigenvalue weighted by Crippen LogP contribution is 2.34. The van der Waals surface area contributed by atoms with Gasteiger partial charge >= 0.3 is 0 Å². The molecule has 2 rings (SSSR count). The quantitative estimate of drug-likeness (QED) is 0.841. The zero-order valence-corrected chi connectivity index (χ0v) is 13.5. The largest absolute Gasteiger partial charge is 0.313 e. The summed E-state index contributed by atoms with van der Waals surface area (Å²) >= 11 is 0. The van der Waals surface area contributed by atoms with Crippen molar-refractivity contribution in [2.75, 3.05) is 12.3 Å². The molecule has 1 aliphatic carbocycles. The van der Waals surface area contributed by atoms with E-state index in [1.54, 1.807) is 6.07 Å². The third-order valence-electron chi connectivity index (χ3n) is 3.91. The molecule has 0 radical (unpaired) electrons. The van der Waals surface area contributed by atoms with Crippen LogP contribution in [0.2, 0.25) is 0 Å². The van der Waals surface area contributed by atoms with E-state index in [1.807, 2.05) is 26.0 Å². The van der Waals surface area contributed by atoms with Gasteiger partial charge in [0.1, 0.15) is 0 Å². The van der Waals surface area contributed by atoms with Crippen molar-refractivity contribution >= 4 is 9.84 Å². The minimum atomic E-state index is -3.20.